The molecule has 0 atom stereocenters. The Morgan fingerprint density at radius 2 is 0.770 bits per heavy atom. The Morgan fingerprint density at radius 1 is 0.473 bits per heavy atom. The zero-order valence-electron chi connectivity index (χ0n) is 41.9. The normalized spacial score (nSPS) is 13.5. The maximum Gasteiger partial charge on any atom is 0.328 e. The van der Waals surface area contributed by atoms with Gasteiger partial charge in [0.05, 0.1) is 35.0 Å². The average Bonchev–Trinajstić information content (AvgIpc) is 3.38. The fourth-order valence-electron chi connectivity index (χ4n) is 6.67. The zero-order chi connectivity index (χ0) is 54.7. The molecule has 0 aliphatic carbocycles. The van der Waals surface area contributed by atoms with E-state index in [2.05, 4.69) is 46.6 Å². The van der Waals surface area contributed by atoms with Crippen LogP contribution in [0, 0.1) is 0 Å². The van der Waals surface area contributed by atoms with Gasteiger partial charge in [0.2, 0.25) is 23.7 Å². The Bertz CT molecular complexity index is 2270. The molecule has 22 heteroatoms. The standard InChI is InChI=1S/2C20H28N4O.3C4H4O4/c2*1-3-5-8-16-25-19-17-9-6-7-10-18(17)21-20(22-19)24-14-12-23(11-4-2)13-15-24;3*5-3(6)1-2-4(7)8/h2*4,6-7,9-10H,2-3,5,8,11-16H2,1H3;3*1-2H,(H,5,6)(H,7,8). The summed E-state index contributed by atoms with van der Waals surface area (Å²) in [7, 11) is 0. The van der Waals surface area contributed by atoms with Crippen LogP contribution in [0.25, 0.3) is 21.8 Å². The van der Waals surface area contributed by atoms with Crippen LogP contribution in [0.4, 0.5) is 11.9 Å². The Kier molecular flexibility index (Phi) is 29.9. The van der Waals surface area contributed by atoms with Gasteiger partial charge in [0.25, 0.3) is 0 Å². The number of piperazine rings is 2. The maximum atomic E-state index is 9.55. The predicted octanol–water partition coefficient (Wildman–Crippen LogP) is 6.15. The van der Waals surface area contributed by atoms with Crippen molar-refractivity contribution in [2.45, 2.75) is 52.4 Å². The molecule has 2 aromatic carbocycles. The summed E-state index contributed by atoms with van der Waals surface area (Å²) in [4.78, 5) is 85.7. The molecule has 4 heterocycles. The third-order valence-corrected chi connectivity index (χ3v) is 10.3. The van der Waals surface area contributed by atoms with E-state index in [0.717, 1.165) is 112 Å². The first-order valence-electron chi connectivity index (χ1n) is 23.9. The highest BCUT2D eigenvalue weighted by Crippen LogP contribution is 2.27. The van der Waals surface area contributed by atoms with Crippen molar-refractivity contribution in [3.8, 4) is 11.8 Å². The number of benzene rings is 2. The number of carboxylic acid groups (broad SMARTS) is 6. The summed E-state index contributed by atoms with van der Waals surface area (Å²) in [6.07, 6.45) is 14.1. The van der Waals surface area contributed by atoms with Crippen LogP contribution >= 0.6 is 0 Å². The topological polar surface area (TPSA) is 307 Å². The highest BCUT2D eigenvalue weighted by Gasteiger charge is 2.22. The molecule has 6 rings (SSSR count). The minimum atomic E-state index is -1.26. The van der Waals surface area contributed by atoms with Gasteiger partial charge in [0, 0.05) is 102 Å². The Labute approximate surface area is 429 Å². The maximum absolute atomic E-state index is 9.55. The molecule has 0 bridgehead atoms. The molecule has 2 fully saturated rings. The van der Waals surface area contributed by atoms with E-state index in [0.29, 0.717) is 61.4 Å². The van der Waals surface area contributed by atoms with Gasteiger partial charge in [-0.05, 0) is 37.1 Å². The van der Waals surface area contributed by atoms with Crippen molar-refractivity contribution in [3.63, 3.8) is 0 Å². The molecule has 4 aromatic rings. The van der Waals surface area contributed by atoms with Crippen LogP contribution < -0.4 is 19.3 Å². The first-order valence-corrected chi connectivity index (χ1v) is 23.9. The smallest absolute Gasteiger partial charge is 0.328 e. The molecule has 74 heavy (non-hydrogen) atoms. The molecule has 2 aromatic heterocycles. The molecule has 0 amide bonds. The van der Waals surface area contributed by atoms with Crippen molar-refractivity contribution in [1.82, 2.24) is 29.7 Å². The van der Waals surface area contributed by atoms with Gasteiger partial charge in [-0.15, -0.1) is 13.2 Å². The summed E-state index contributed by atoms with van der Waals surface area (Å²) in [5.41, 5.74) is 1.90. The monoisotopic (exact) mass is 1030 g/mol. The molecule has 6 N–H and O–H groups in total. The number of nitrogens with zero attached hydrogens (tertiary/aromatic N) is 8. The fourth-order valence-corrected chi connectivity index (χ4v) is 6.67. The van der Waals surface area contributed by atoms with Gasteiger partial charge < -0.3 is 49.9 Å². The molecular weight excluding hydrogens is 961 g/mol. The Balaban J connectivity index is 0.000000355. The molecule has 2 aliphatic heterocycles. The second-order valence-electron chi connectivity index (χ2n) is 16.0. The third-order valence-electron chi connectivity index (χ3n) is 10.3. The number of fused-ring (bicyclic) bond motifs is 2. The molecule has 2 saturated heterocycles. The number of rotatable bonds is 22. The van der Waals surface area contributed by atoms with E-state index in [1.807, 2.05) is 60.7 Å². The molecule has 0 radical (unpaired) electrons. The number of ether oxygens (including phenoxy) is 2. The van der Waals surface area contributed by atoms with E-state index < -0.39 is 35.8 Å². The van der Waals surface area contributed by atoms with E-state index >= 15 is 0 Å². The molecule has 400 valence electrons. The van der Waals surface area contributed by atoms with Crippen molar-refractivity contribution in [1.29, 1.82) is 0 Å². The van der Waals surface area contributed by atoms with Crippen molar-refractivity contribution in [2.75, 3.05) is 88.5 Å². The molecule has 22 nitrogen and oxygen atoms in total. The summed E-state index contributed by atoms with van der Waals surface area (Å²) in [6.45, 7) is 23.1. The number of hydrogen-bond acceptors (Lipinski definition) is 16. The summed E-state index contributed by atoms with van der Waals surface area (Å²) >= 11 is 0. The van der Waals surface area contributed by atoms with Crippen LogP contribution in [0.15, 0.2) is 110 Å². The highest BCUT2D eigenvalue weighted by molar-refractivity contribution is 5.91. The van der Waals surface area contributed by atoms with Gasteiger partial charge in [0.1, 0.15) is 0 Å². The average molecular weight is 1030 g/mol. The minimum Gasteiger partial charge on any atom is -0.478 e. The van der Waals surface area contributed by atoms with Crippen LogP contribution in [0.3, 0.4) is 0 Å². The van der Waals surface area contributed by atoms with E-state index in [-0.39, 0.29) is 0 Å². The minimum absolute atomic E-state index is 0.558. The molecular formula is C52H68N8O14. The van der Waals surface area contributed by atoms with Crippen LogP contribution in [0.1, 0.15) is 52.4 Å². The van der Waals surface area contributed by atoms with E-state index in [1.165, 1.54) is 25.7 Å². The first-order chi connectivity index (χ1) is 35.5. The Morgan fingerprint density at radius 3 is 1.04 bits per heavy atom. The SMILES string of the molecule is C=CCN1CCN(c2nc(OCCCCC)c3ccccc3n2)CC1.C=CCN1CCN(c2nc(OCCCCC)c3ccccc3n2)CC1.O=C(O)C=CC(=O)O.O=C(O)C=CC(=O)O.O=C(O)C=CC(=O)O. The van der Waals surface area contributed by atoms with Crippen molar-refractivity contribution >= 4 is 69.5 Å². The van der Waals surface area contributed by atoms with Crippen molar-refractivity contribution in [3.05, 3.63) is 110 Å². The number of para-hydroxylation sites is 2. The van der Waals surface area contributed by atoms with Crippen LogP contribution in [-0.4, -0.2) is 175 Å². The van der Waals surface area contributed by atoms with Crippen LogP contribution in [0.5, 0.6) is 11.8 Å². The second kappa shape index (κ2) is 35.8. The first kappa shape index (κ1) is 61.9. The Hall–Kier alpha value is -8.24. The molecule has 0 spiro atoms. The third kappa shape index (κ3) is 25.7. The van der Waals surface area contributed by atoms with Crippen LogP contribution in [-0.2, 0) is 28.8 Å². The lowest BCUT2D eigenvalue weighted by atomic mass is 10.2. The quantitative estimate of drug-likeness (QED) is 0.0292. The highest BCUT2D eigenvalue weighted by atomic mass is 16.5. The predicted molar refractivity (Wildman–Crippen MR) is 280 cm³/mol. The van der Waals surface area contributed by atoms with Gasteiger partial charge in [-0.1, -0.05) is 75.9 Å². The second-order valence-corrected chi connectivity index (χ2v) is 16.0. The summed E-state index contributed by atoms with van der Waals surface area (Å²) in [5.74, 6) is -4.56. The number of anilines is 2. The lowest BCUT2D eigenvalue weighted by Crippen LogP contribution is -2.46. The number of hydrogen-bond donors (Lipinski definition) is 6. The van der Waals surface area contributed by atoms with E-state index in [9.17, 15) is 28.8 Å². The van der Waals surface area contributed by atoms with Crippen molar-refractivity contribution in [2.24, 2.45) is 0 Å². The number of aromatic nitrogens is 4. The number of aliphatic carboxylic acids is 6. The largest absolute Gasteiger partial charge is 0.478 e. The van der Waals surface area contributed by atoms with E-state index in [4.69, 9.17) is 60.0 Å². The number of unbranched alkanes of at least 4 members (excludes halogenated alkanes) is 4. The zero-order valence-corrected chi connectivity index (χ0v) is 41.9. The molecule has 0 unspecified atom stereocenters. The number of carbonyl (C=O) groups is 6. The summed E-state index contributed by atoms with van der Waals surface area (Å²) in [6, 6.07) is 16.2. The van der Waals surface area contributed by atoms with Crippen molar-refractivity contribution < 1.29 is 68.9 Å². The van der Waals surface area contributed by atoms with Crippen LogP contribution in [0.2, 0.25) is 0 Å². The lowest BCUT2D eigenvalue weighted by molar-refractivity contribution is -0.134. The van der Waals surface area contributed by atoms with Gasteiger partial charge in [-0.25, -0.2) is 38.7 Å². The summed E-state index contributed by atoms with van der Waals surface area (Å²) in [5, 5.41) is 48.9. The van der Waals surface area contributed by atoms with Gasteiger partial charge in [-0.2, -0.15) is 9.97 Å². The fraction of sp³-hybridized carbons (Fsp3) is 0.385. The van der Waals surface area contributed by atoms with Gasteiger partial charge in [0.15, 0.2) is 0 Å². The number of carboxylic acids is 6. The van der Waals surface area contributed by atoms with Gasteiger partial charge >= 0.3 is 35.8 Å². The summed E-state index contributed by atoms with van der Waals surface area (Å²) < 4.78 is 12.0. The molecule has 0 saturated carbocycles. The lowest BCUT2D eigenvalue weighted by Gasteiger charge is -2.34. The molecule has 2 aliphatic rings. The van der Waals surface area contributed by atoms with Gasteiger partial charge in [-0.3, -0.25) is 9.80 Å². The van der Waals surface area contributed by atoms with E-state index in [1.54, 1.807) is 0 Å².